The zero-order valence-corrected chi connectivity index (χ0v) is 11.2. The Bertz CT molecular complexity index is 398. The molecule has 0 spiro atoms. The summed E-state index contributed by atoms with van der Waals surface area (Å²) in [6.07, 6.45) is 2.54. The van der Waals surface area contributed by atoms with E-state index in [0.717, 1.165) is 12.2 Å². The minimum Gasteiger partial charge on any atom is -0.367 e. The normalized spacial score (nSPS) is 14.1. The van der Waals surface area contributed by atoms with E-state index in [1.165, 1.54) is 0 Å². The van der Waals surface area contributed by atoms with Gasteiger partial charge in [0.15, 0.2) is 0 Å². The molecule has 0 radical (unpaired) electrons. The molecule has 96 valence electrons. The summed E-state index contributed by atoms with van der Waals surface area (Å²) in [5.41, 5.74) is 2.49. The first kappa shape index (κ1) is 13.9. The average molecular weight is 257 g/mol. The highest BCUT2D eigenvalue weighted by Crippen LogP contribution is 2.11. The number of hydrazine groups is 1. The summed E-state index contributed by atoms with van der Waals surface area (Å²) in [4.78, 5) is 8.35. The van der Waals surface area contributed by atoms with Gasteiger partial charge in [0, 0.05) is 34.9 Å². The van der Waals surface area contributed by atoms with E-state index in [4.69, 9.17) is 5.84 Å². The first-order valence-electron chi connectivity index (χ1n) is 5.40. The number of aryl methyl sites for hydroxylation is 1. The molecule has 2 atom stereocenters. The number of nitrogen functional groups attached to an aromatic ring is 1. The molecule has 0 saturated carbocycles. The first-order chi connectivity index (χ1) is 8.01. The molecular weight excluding hydrogens is 238 g/mol. The fourth-order valence-electron chi connectivity index (χ4n) is 1.38. The lowest BCUT2D eigenvalue weighted by atomic mass is 10.2. The van der Waals surface area contributed by atoms with Crippen LogP contribution >= 0.6 is 0 Å². The van der Waals surface area contributed by atoms with Crippen LogP contribution in [0.3, 0.4) is 0 Å². The van der Waals surface area contributed by atoms with E-state index in [1.54, 1.807) is 19.2 Å². The third-order valence-electron chi connectivity index (χ3n) is 2.22. The molecule has 1 aromatic heterocycles. The van der Waals surface area contributed by atoms with Crippen molar-refractivity contribution in [3.63, 3.8) is 0 Å². The Morgan fingerprint density at radius 3 is 2.71 bits per heavy atom. The molecule has 1 heterocycles. The third-order valence-corrected chi connectivity index (χ3v) is 3.03. The van der Waals surface area contributed by atoms with Crippen molar-refractivity contribution in [2.24, 2.45) is 5.84 Å². The molecular formula is C10H19N5OS. The fourth-order valence-corrected chi connectivity index (χ4v) is 2.07. The zero-order chi connectivity index (χ0) is 12.8. The molecule has 0 aromatic carbocycles. The van der Waals surface area contributed by atoms with Crippen molar-refractivity contribution in [3.8, 4) is 0 Å². The maximum absolute atomic E-state index is 11.0. The summed E-state index contributed by atoms with van der Waals surface area (Å²) >= 11 is 0. The van der Waals surface area contributed by atoms with Gasteiger partial charge >= 0.3 is 0 Å². The Balaban J connectivity index is 2.61. The van der Waals surface area contributed by atoms with Crippen LogP contribution in [0.4, 0.5) is 11.6 Å². The average Bonchev–Trinajstić information content (AvgIpc) is 2.25. The summed E-state index contributed by atoms with van der Waals surface area (Å²) in [5.74, 6) is 7.93. The maximum Gasteiger partial charge on any atom is 0.145 e. The molecule has 0 bridgehead atoms. The van der Waals surface area contributed by atoms with Gasteiger partial charge in [-0.2, -0.15) is 0 Å². The highest BCUT2D eigenvalue weighted by atomic mass is 32.2. The Kier molecular flexibility index (Phi) is 5.30. The van der Waals surface area contributed by atoms with Gasteiger partial charge < -0.3 is 10.7 Å². The monoisotopic (exact) mass is 257 g/mol. The summed E-state index contributed by atoms with van der Waals surface area (Å²) in [5, 5.41) is 3.23. The highest BCUT2D eigenvalue weighted by Gasteiger charge is 2.06. The second-order valence-corrected chi connectivity index (χ2v) is 5.50. The van der Waals surface area contributed by atoms with E-state index in [1.807, 2.05) is 6.92 Å². The number of hydrogen-bond acceptors (Lipinski definition) is 6. The molecule has 1 aromatic rings. The minimum atomic E-state index is -0.760. The van der Waals surface area contributed by atoms with Crippen LogP contribution in [0.1, 0.15) is 19.2 Å². The molecule has 0 aliphatic carbocycles. The van der Waals surface area contributed by atoms with Gasteiger partial charge in [0.2, 0.25) is 0 Å². The summed E-state index contributed by atoms with van der Waals surface area (Å²) in [7, 11) is -0.760. The molecule has 2 unspecified atom stereocenters. The molecule has 1 rings (SSSR count). The van der Waals surface area contributed by atoms with Gasteiger partial charge in [-0.25, -0.2) is 15.8 Å². The van der Waals surface area contributed by atoms with Gasteiger partial charge in [-0.3, -0.25) is 4.21 Å². The van der Waals surface area contributed by atoms with Crippen molar-refractivity contribution >= 4 is 22.4 Å². The molecule has 17 heavy (non-hydrogen) atoms. The van der Waals surface area contributed by atoms with Crippen molar-refractivity contribution < 1.29 is 4.21 Å². The molecule has 6 nitrogen and oxygen atoms in total. The molecule has 4 N–H and O–H groups in total. The maximum atomic E-state index is 11.0. The van der Waals surface area contributed by atoms with E-state index in [9.17, 15) is 4.21 Å². The lowest BCUT2D eigenvalue weighted by Gasteiger charge is -2.14. The number of hydrogen-bond donors (Lipinski definition) is 3. The van der Waals surface area contributed by atoms with Crippen LogP contribution in [0.25, 0.3) is 0 Å². The van der Waals surface area contributed by atoms with Crippen LogP contribution in [0, 0.1) is 6.92 Å². The minimum absolute atomic E-state index is 0.207. The van der Waals surface area contributed by atoms with E-state index >= 15 is 0 Å². The number of nitrogens with two attached hydrogens (primary N) is 1. The van der Waals surface area contributed by atoms with E-state index in [-0.39, 0.29) is 6.04 Å². The molecule has 0 saturated heterocycles. The Morgan fingerprint density at radius 2 is 2.12 bits per heavy atom. The summed E-state index contributed by atoms with van der Waals surface area (Å²) in [6, 6.07) is 1.95. The fraction of sp³-hybridized carbons (Fsp3) is 0.600. The van der Waals surface area contributed by atoms with Crippen molar-refractivity contribution in [3.05, 3.63) is 11.9 Å². The molecule has 0 amide bonds. The standard InChI is InChI=1S/C10H19N5OS/c1-7(4-5-17(3)16)12-9-6-10(15-11)14-8(2)13-9/h6-7H,4-5,11H2,1-3H3,(H2,12,13,14,15). The highest BCUT2D eigenvalue weighted by molar-refractivity contribution is 7.84. The lowest BCUT2D eigenvalue weighted by Crippen LogP contribution is -2.19. The lowest BCUT2D eigenvalue weighted by molar-refractivity contribution is 0.678. The second kappa shape index (κ2) is 6.51. The van der Waals surface area contributed by atoms with Gasteiger partial charge in [0.1, 0.15) is 17.5 Å². The predicted molar refractivity (Wildman–Crippen MR) is 71.2 cm³/mol. The predicted octanol–water partition coefficient (Wildman–Crippen LogP) is 0.640. The number of anilines is 2. The van der Waals surface area contributed by atoms with Crippen LogP contribution in [-0.2, 0) is 10.8 Å². The summed E-state index contributed by atoms with van der Waals surface area (Å²) in [6.45, 7) is 3.83. The van der Waals surface area contributed by atoms with E-state index < -0.39 is 10.8 Å². The molecule has 7 heteroatoms. The number of nitrogens with zero attached hydrogens (tertiary/aromatic N) is 2. The van der Waals surface area contributed by atoms with Gasteiger partial charge in [0.25, 0.3) is 0 Å². The van der Waals surface area contributed by atoms with Crippen molar-refractivity contribution in [2.75, 3.05) is 22.8 Å². The molecule has 0 aliphatic heterocycles. The van der Waals surface area contributed by atoms with Gasteiger partial charge in [-0.15, -0.1) is 0 Å². The topological polar surface area (TPSA) is 92.9 Å². The van der Waals surface area contributed by atoms with Crippen molar-refractivity contribution in [1.82, 2.24) is 9.97 Å². The van der Waals surface area contributed by atoms with Crippen molar-refractivity contribution in [2.45, 2.75) is 26.3 Å². The number of aromatic nitrogens is 2. The Morgan fingerprint density at radius 1 is 1.47 bits per heavy atom. The van der Waals surface area contributed by atoms with Gasteiger partial charge in [0.05, 0.1) is 0 Å². The van der Waals surface area contributed by atoms with Crippen molar-refractivity contribution in [1.29, 1.82) is 0 Å². The SMILES string of the molecule is Cc1nc(NN)cc(NC(C)CCS(C)=O)n1. The number of nitrogens with one attached hydrogen (secondary N) is 2. The zero-order valence-electron chi connectivity index (χ0n) is 10.4. The first-order valence-corrected chi connectivity index (χ1v) is 7.13. The Hall–Kier alpha value is -1.21. The smallest absolute Gasteiger partial charge is 0.145 e. The van der Waals surface area contributed by atoms with Crippen LogP contribution in [0.2, 0.25) is 0 Å². The Labute approximate surface area is 104 Å². The summed E-state index contributed by atoms with van der Waals surface area (Å²) < 4.78 is 11.0. The van der Waals surface area contributed by atoms with Gasteiger partial charge in [-0.05, 0) is 20.3 Å². The van der Waals surface area contributed by atoms with Crippen LogP contribution in [-0.4, -0.2) is 32.2 Å². The van der Waals surface area contributed by atoms with Gasteiger partial charge in [-0.1, -0.05) is 0 Å². The number of rotatable bonds is 6. The van der Waals surface area contributed by atoms with Crippen LogP contribution in [0.5, 0.6) is 0 Å². The third kappa shape index (κ3) is 5.10. The molecule has 0 aliphatic rings. The van der Waals surface area contributed by atoms with E-state index in [0.29, 0.717) is 17.4 Å². The largest absolute Gasteiger partial charge is 0.367 e. The van der Waals surface area contributed by atoms with Crippen LogP contribution in [0.15, 0.2) is 6.07 Å². The van der Waals surface area contributed by atoms with E-state index in [2.05, 4.69) is 20.7 Å². The van der Waals surface area contributed by atoms with Crippen LogP contribution < -0.4 is 16.6 Å². The second-order valence-electron chi connectivity index (χ2n) is 3.94. The quantitative estimate of drug-likeness (QED) is 0.511. The molecule has 0 fully saturated rings.